The summed E-state index contributed by atoms with van der Waals surface area (Å²) in [4.78, 5) is 12.3. The van der Waals surface area contributed by atoms with Gasteiger partial charge in [-0.25, -0.2) is 0 Å². The van der Waals surface area contributed by atoms with Crippen LogP contribution in [0.5, 0.6) is 0 Å². The van der Waals surface area contributed by atoms with E-state index in [-0.39, 0.29) is 6.42 Å². The molecule has 1 unspecified atom stereocenters. The molecule has 2 heterocycles. The number of rotatable bonds is 20. The van der Waals surface area contributed by atoms with Crippen LogP contribution >= 0.6 is 0 Å². The van der Waals surface area contributed by atoms with Crippen LogP contribution in [0.25, 0.3) is 0 Å². The Morgan fingerprint density at radius 2 is 1.17 bits per heavy atom. The zero-order valence-electron chi connectivity index (χ0n) is 24.9. The number of aliphatic hydroxyl groups excluding tert-OH is 7. The number of esters is 1. The molecule has 12 nitrogen and oxygen atoms in total. The van der Waals surface area contributed by atoms with Gasteiger partial charge in [-0.3, -0.25) is 4.79 Å². The maximum atomic E-state index is 12.3. The van der Waals surface area contributed by atoms with E-state index >= 15 is 0 Å². The molecule has 2 rings (SSSR count). The van der Waals surface area contributed by atoms with Crippen molar-refractivity contribution >= 4 is 5.97 Å². The van der Waals surface area contributed by atoms with Crippen LogP contribution in [0, 0.1) is 0 Å². The summed E-state index contributed by atoms with van der Waals surface area (Å²) in [6, 6.07) is 0. The Hall–Kier alpha value is -1.19. The van der Waals surface area contributed by atoms with E-state index in [0.29, 0.717) is 6.42 Å². The van der Waals surface area contributed by atoms with Gasteiger partial charge >= 0.3 is 5.97 Å². The summed E-state index contributed by atoms with van der Waals surface area (Å²) in [7, 11) is 0. The van der Waals surface area contributed by atoms with Crippen molar-refractivity contribution in [3.8, 4) is 0 Å². The van der Waals surface area contributed by atoms with Crippen LogP contribution in [-0.4, -0.2) is 116 Å². The van der Waals surface area contributed by atoms with Crippen LogP contribution in [-0.2, 0) is 23.7 Å². The molecule has 0 radical (unpaired) electrons. The van der Waals surface area contributed by atoms with Crippen molar-refractivity contribution in [2.45, 2.75) is 158 Å². The maximum absolute atomic E-state index is 12.3. The fourth-order valence-corrected chi connectivity index (χ4v) is 5.18. The number of allylic oxidation sites excluding steroid dienone is 2. The molecular weight excluding hydrogens is 552 g/mol. The van der Waals surface area contributed by atoms with Gasteiger partial charge in [0.05, 0.1) is 13.2 Å². The number of hydrogen-bond donors (Lipinski definition) is 7. The summed E-state index contributed by atoms with van der Waals surface area (Å²) in [5.41, 5.74) is 0. The average molecular weight is 607 g/mol. The summed E-state index contributed by atoms with van der Waals surface area (Å²) >= 11 is 0. The summed E-state index contributed by atoms with van der Waals surface area (Å²) < 4.78 is 21.5. The van der Waals surface area contributed by atoms with Gasteiger partial charge in [0.25, 0.3) is 0 Å². The third kappa shape index (κ3) is 12.1. The van der Waals surface area contributed by atoms with Crippen molar-refractivity contribution in [2.24, 2.45) is 0 Å². The number of aliphatic hydroxyl groups is 7. The molecular formula is C30H54O12. The minimum absolute atomic E-state index is 0.107. The average Bonchev–Trinajstić information content (AvgIpc) is 2.98. The lowest BCUT2D eigenvalue weighted by molar-refractivity contribution is -0.355. The lowest BCUT2D eigenvalue weighted by Gasteiger charge is -2.45. The van der Waals surface area contributed by atoms with E-state index in [1.165, 1.54) is 38.5 Å². The first-order valence-electron chi connectivity index (χ1n) is 15.7. The van der Waals surface area contributed by atoms with Crippen LogP contribution in [0.2, 0.25) is 0 Å². The van der Waals surface area contributed by atoms with E-state index in [1.807, 2.05) is 0 Å². The topological polar surface area (TPSA) is 196 Å². The normalized spacial score (nSPS) is 33.7. The fraction of sp³-hybridized carbons (Fsp3) is 0.900. The Kier molecular flexibility index (Phi) is 18.2. The van der Waals surface area contributed by atoms with Crippen LogP contribution < -0.4 is 0 Å². The van der Waals surface area contributed by atoms with E-state index in [4.69, 9.17) is 18.9 Å². The SMILES string of the molecule is CCCCCCCC/C=C\CCCCCCCC(=O)OC1O[C@H](CO)[C@@H](O[C@@H]2O[C@H](CO)[C@H](O)[C@H](O)[C@H]2O)[C@H](O)[C@H]1O. The standard InChI is InChI=1S/C30H54O12/c1-2-3-4-5-6-7-8-9-10-11-12-13-14-15-16-17-22(33)41-29-27(38)25(36)28(21(19-32)40-29)42-30-26(37)24(35)23(34)20(18-31)39-30/h9-10,20-21,23-32,34-38H,2-8,11-19H2,1H3/b10-9-/t20-,21-,23+,24+,25-,26-,27-,28-,29?,30+/m1/s1. The molecule has 0 amide bonds. The highest BCUT2D eigenvalue weighted by atomic mass is 16.7. The Morgan fingerprint density at radius 1 is 0.643 bits per heavy atom. The predicted molar refractivity (Wildman–Crippen MR) is 152 cm³/mol. The molecule has 2 aliphatic rings. The van der Waals surface area contributed by atoms with Crippen molar-refractivity contribution < 1.29 is 59.5 Å². The Morgan fingerprint density at radius 3 is 1.76 bits per heavy atom. The first kappa shape index (κ1) is 37.0. The summed E-state index contributed by atoms with van der Waals surface area (Å²) in [6.45, 7) is 0.843. The highest BCUT2D eigenvalue weighted by Gasteiger charge is 2.51. The van der Waals surface area contributed by atoms with Gasteiger partial charge in [-0.1, -0.05) is 70.4 Å². The molecule has 0 aromatic rings. The van der Waals surface area contributed by atoms with Crippen molar-refractivity contribution in [3.05, 3.63) is 12.2 Å². The molecule has 2 fully saturated rings. The highest BCUT2D eigenvalue weighted by Crippen LogP contribution is 2.29. The van der Waals surface area contributed by atoms with Gasteiger partial charge in [0, 0.05) is 6.42 Å². The quantitative estimate of drug-likeness (QED) is 0.0595. The molecule has 2 saturated heterocycles. The first-order chi connectivity index (χ1) is 20.2. The molecule has 0 spiro atoms. The van der Waals surface area contributed by atoms with Crippen molar-refractivity contribution in [3.63, 3.8) is 0 Å². The third-order valence-electron chi connectivity index (χ3n) is 7.85. The third-order valence-corrected chi connectivity index (χ3v) is 7.85. The molecule has 2 aliphatic heterocycles. The highest BCUT2D eigenvalue weighted by molar-refractivity contribution is 5.69. The van der Waals surface area contributed by atoms with Gasteiger partial charge in [-0.15, -0.1) is 0 Å². The zero-order chi connectivity index (χ0) is 30.9. The van der Waals surface area contributed by atoms with Crippen molar-refractivity contribution in [1.29, 1.82) is 0 Å². The molecule has 42 heavy (non-hydrogen) atoms. The second-order valence-electron chi connectivity index (χ2n) is 11.3. The number of ether oxygens (including phenoxy) is 4. The lowest BCUT2D eigenvalue weighted by atomic mass is 9.97. The van der Waals surface area contributed by atoms with Crippen LogP contribution in [0.1, 0.15) is 96.8 Å². The molecule has 10 atom stereocenters. The van der Waals surface area contributed by atoms with Gasteiger partial charge < -0.3 is 54.7 Å². The molecule has 0 aromatic heterocycles. The number of carbonyl (C=O) groups is 1. The van der Waals surface area contributed by atoms with Gasteiger partial charge in [0.15, 0.2) is 6.29 Å². The van der Waals surface area contributed by atoms with Crippen molar-refractivity contribution in [2.75, 3.05) is 13.2 Å². The van der Waals surface area contributed by atoms with E-state index in [0.717, 1.165) is 38.5 Å². The number of hydrogen-bond acceptors (Lipinski definition) is 12. The Labute approximate surface area is 249 Å². The van der Waals surface area contributed by atoms with Crippen LogP contribution in [0.3, 0.4) is 0 Å². The Bertz CT molecular complexity index is 748. The minimum atomic E-state index is -1.76. The van der Waals surface area contributed by atoms with E-state index < -0.39 is 80.6 Å². The second kappa shape index (κ2) is 20.7. The van der Waals surface area contributed by atoms with Crippen LogP contribution in [0.4, 0.5) is 0 Å². The monoisotopic (exact) mass is 606 g/mol. The summed E-state index contributed by atoms with van der Waals surface area (Å²) in [6.07, 6.45) is 3.61. The minimum Gasteiger partial charge on any atom is -0.433 e. The summed E-state index contributed by atoms with van der Waals surface area (Å²) in [5, 5.41) is 70.4. The smallest absolute Gasteiger partial charge is 0.308 e. The molecule has 0 saturated carbocycles. The van der Waals surface area contributed by atoms with Crippen molar-refractivity contribution in [1.82, 2.24) is 0 Å². The fourth-order valence-electron chi connectivity index (χ4n) is 5.18. The van der Waals surface area contributed by atoms with E-state index in [9.17, 15) is 40.5 Å². The molecule has 0 bridgehead atoms. The van der Waals surface area contributed by atoms with Crippen LogP contribution in [0.15, 0.2) is 12.2 Å². The molecule has 12 heteroatoms. The molecule has 246 valence electrons. The largest absolute Gasteiger partial charge is 0.433 e. The second-order valence-corrected chi connectivity index (χ2v) is 11.3. The number of carbonyl (C=O) groups excluding carboxylic acids is 1. The number of unbranched alkanes of at least 4 members (excludes halogenated alkanes) is 11. The molecule has 7 N–H and O–H groups in total. The lowest BCUT2D eigenvalue weighted by Crippen LogP contribution is -2.64. The van der Waals surface area contributed by atoms with E-state index in [2.05, 4.69) is 19.1 Å². The van der Waals surface area contributed by atoms with Gasteiger partial charge in [0.2, 0.25) is 6.29 Å². The first-order valence-corrected chi connectivity index (χ1v) is 15.7. The van der Waals surface area contributed by atoms with Gasteiger partial charge in [-0.05, 0) is 32.1 Å². The summed E-state index contributed by atoms with van der Waals surface area (Å²) in [5.74, 6) is -0.617. The predicted octanol–water partition coefficient (Wildman–Crippen LogP) is 1.19. The zero-order valence-corrected chi connectivity index (χ0v) is 24.9. The van der Waals surface area contributed by atoms with Gasteiger partial charge in [-0.2, -0.15) is 0 Å². The molecule has 0 aliphatic carbocycles. The Balaban J connectivity index is 1.64. The molecule has 0 aromatic carbocycles. The van der Waals surface area contributed by atoms with E-state index in [1.54, 1.807) is 0 Å². The van der Waals surface area contributed by atoms with Gasteiger partial charge in [0.1, 0.15) is 48.8 Å². The maximum Gasteiger partial charge on any atom is 0.308 e.